The number of benzene rings is 2. The van der Waals surface area contributed by atoms with E-state index in [2.05, 4.69) is 0 Å². The average molecular weight is 577 g/mol. The number of para-hydroxylation sites is 1. The molecule has 1 aliphatic carbocycles. The molecule has 6 rings (SSSR count). The predicted octanol–water partition coefficient (Wildman–Crippen LogP) is 5.07. The Labute approximate surface area is 244 Å². The van der Waals surface area contributed by atoms with E-state index in [-0.39, 0.29) is 46.3 Å². The number of amides is 2. The number of anilines is 1. The molecule has 3 aliphatic rings. The van der Waals surface area contributed by atoms with Crippen molar-refractivity contribution in [2.24, 2.45) is 5.92 Å². The SMILES string of the molecule is CCN(CC)C(=O)c1cn(C2CC2)c2c(OC)c(N3CC4CCCN(C(=O)Oc5ccccc5)C4C3)c(F)cc2c1=O. The Balaban J connectivity index is 1.39. The highest BCUT2D eigenvalue weighted by atomic mass is 19.1. The Hall–Kier alpha value is -4.08. The Morgan fingerprint density at radius 1 is 1.07 bits per heavy atom. The van der Waals surface area contributed by atoms with E-state index in [4.69, 9.17) is 9.47 Å². The molecule has 3 aromatic rings. The van der Waals surface area contributed by atoms with Crippen LogP contribution in [0.25, 0.3) is 10.9 Å². The van der Waals surface area contributed by atoms with Crippen LogP contribution in [0.1, 0.15) is 55.9 Å². The number of hydrogen-bond donors (Lipinski definition) is 0. The molecule has 0 bridgehead atoms. The molecule has 2 unspecified atom stereocenters. The van der Waals surface area contributed by atoms with E-state index in [0.29, 0.717) is 44.0 Å². The van der Waals surface area contributed by atoms with Gasteiger partial charge >= 0.3 is 6.09 Å². The van der Waals surface area contributed by atoms with E-state index in [0.717, 1.165) is 25.7 Å². The first-order chi connectivity index (χ1) is 20.4. The molecule has 2 saturated heterocycles. The van der Waals surface area contributed by atoms with Crippen molar-refractivity contribution in [2.45, 2.75) is 51.6 Å². The van der Waals surface area contributed by atoms with E-state index < -0.39 is 17.3 Å². The Morgan fingerprint density at radius 3 is 2.48 bits per heavy atom. The molecule has 2 aliphatic heterocycles. The minimum atomic E-state index is -0.580. The second-order valence-corrected chi connectivity index (χ2v) is 11.4. The number of aromatic nitrogens is 1. The summed E-state index contributed by atoms with van der Waals surface area (Å²) in [6.07, 6.45) is 4.78. The maximum atomic E-state index is 16.1. The molecule has 9 nitrogen and oxygen atoms in total. The quantitative estimate of drug-likeness (QED) is 0.391. The molecule has 222 valence electrons. The van der Waals surface area contributed by atoms with E-state index in [1.807, 2.05) is 41.5 Å². The number of nitrogens with zero attached hydrogens (tertiary/aromatic N) is 4. The van der Waals surface area contributed by atoms with Crippen molar-refractivity contribution in [3.05, 3.63) is 64.2 Å². The average Bonchev–Trinajstić information content (AvgIpc) is 3.75. The minimum absolute atomic E-state index is 0.0482. The van der Waals surface area contributed by atoms with Gasteiger partial charge in [0.15, 0.2) is 11.6 Å². The highest BCUT2D eigenvalue weighted by molar-refractivity contribution is 6.00. The molecule has 1 aromatic heterocycles. The zero-order valence-corrected chi connectivity index (χ0v) is 24.3. The van der Waals surface area contributed by atoms with Gasteiger partial charge in [0.1, 0.15) is 17.0 Å². The van der Waals surface area contributed by atoms with Crippen molar-refractivity contribution in [3.63, 3.8) is 0 Å². The number of piperidine rings is 1. The Bertz CT molecular complexity index is 1570. The Kier molecular flexibility index (Phi) is 7.55. The smallest absolute Gasteiger partial charge is 0.415 e. The van der Waals surface area contributed by atoms with Crippen LogP contribution in [0.15, 0.2) is 47.4 Å². The van der Waals surface area contributed by atoms with Gasteiger partial charge in [0.25, 0.3) is 5.91 Å². The van der Waals surface area contributed by atoms with Gasteiger partial charge < -0.3 is 28.7 Å². The van der Waals surface area contributed by atoms with E-state index in [1.165, 1.54) is 13.2 Å². The number of methoxy groups -OCH3 is 1. The van der Waals surface area contributed by atoms with Crippen LogP contribution in [-0.2, 0) is 0 Å². The van der Waals surface area contributed by atoms with Gasteiger partial charge in [-0.25, -0.2) is 9.18 Å². The number of fused-ring (bicyclic) bond motifs is 2. The van der Waals surface area contributed by atoms with Crippen molar-refractivity contribution in [3.8, 4) is 11.5 Å². The molecule has 2 aromatic carbocycles. The highest BCUT2D eigenvalue weighted by Crippen LogP contribution is 2.45. The van der Waals surface area contributed by atoms with Crippen molar-refractivity contribution < 1.29 is 23.5 Å². The summed E-state index contributed by atoms with van der Waals surface area (Å²) < 4.78 is 29.6. The molecule has 3 heterocycles. The lowest BCUT2D eigenvalue weighted by Crippen LogP contribution is -2.49. The van der Waals surface area contributed by atoms with Crippen molar-refractivity contribution in [1.82, 2.24) is 14.4 Å². The van der Waals surface area contributed by atoms with Crippen LogP contribution in [0.3, 0.4) is 0 Å². The van der Waals surface area contributed by atoms with Crippen molar-refractivity contribution in [1.29, 1.82) is 0 Å². The van der Waals surface area contributed by atoms with Crippen LogP contribution in [0.2, 0.25) is 0 Å². The lowest BCUT2D eigenvalue weighted by atomic mass is 9.92. The highest BCUT2D eigenvalue weighted by Gasteiger charge is 2.44. The zero-order chi connectivity index (χ0) is 29.5. The second-order valence-electron chi connectivity index (χ2n) is 11.4. The number of carbonyl (C=O) groups excluding carboxylic acids is 2. The molecule has 2 atom stereocenters. The van der Waals surface area contributed by atoms with Gasteiger partial charge in [-0.15, -0.1) is 0 Å². The van der Waals surface area contributed by atoms with Crippen LogP contribution in [0, 0.1) is 11.7 Å². The fraction of sp³-hybridized carbons (Fsp3) is 0.469. The van der Waals surface area contributed by atoms with Gasteiger partial charge in [-0.3, -0.25) is 9.59 Å². The van der Waals surface area contributed by atoms with Gasteiger partial charge in [-0.05, 0) is 63.6 Å². The monoisotopic (exact) mass is 576 g/mol. The first-order valence-electron chi connectivity index (χ1n) is 14.9. The van der Waals surface area contributed by atoms with Crippen LogP contribution >= 0.6 is 0 Å². The summed E-state index contributed by atoms with van der Waals surface area (Å²) in [6.45, 7) is 6.22. The fourth-order valence-corrected chi connectivity index (χ4v) is 6.64. The third kappa shape index (κ3) is 4.86. The van der Waals surface area contributed by atoms with Gasteiger partial charge in [0, 0.05) is 45.0 Å². The maximum Gasteiger partial charge on any atom is 0.415 e. The van der Waals surface area contributed by atoms with E-state index in [9.17, 15) is 14.4 Å². The second kappa shape index (κ2) is 11.3. The third-order valence-electron chi connectivity index (χ3n) is 8.90. The Morgan fingerprint density at radius 2 is 1.81 bits per heavy atom. The summed E-state index contributed by atoms with van der Waals surface area (Å²) in [5.74, 6) is -0.0211. The summed E-state index contributed by atoms with van der Waals surface area (Å²) in [5.41, 5.74) is 0.347. The largest absolute Gasteiger partial charge is 0.492 e. The fourth-order valence-electron chi connectivity index (χ4n) is 6.64. The van der Waals surface area contributed by atoms with Gasteiger partial charge in [-0.2, -0.15) is 0 Å². The van der Waals surface area contributed by atoms with Crippen LogP contribution in [0.4, 0.5) is 14.9 Å². The molecule has 1 saturated carbocycles. The number of carbonyl (C=O) groups is 2. The first-order valence-corrected chi connectivity index (χ1v) is 14.9. The summed E-state index contributed by atoms with van der Waals surface area (Å²) >= 11 is 0. The van der Waals surface area contributed by atoms with Crippen LogP contribution in [0.5, 0.6) is 11.5 Å². The standard InChI is InChI=1S/C32H37FN4O5/c1-4-34(5-2)31(39)24-18-37(21-13-14-21)27-23(29(24)38)16-25(33)28(30(27)41-3)35-17-20-10-9-15-36(26(20)19-35)32(40)42-22-11-7-6-8-12-22/h6-8,11-12,16,18,20-21,26H,4-5,9-10,13-15,17,19H2,1-3H3. The lowest BCUT2D eigenvalue weighted by molar-refractivity contribution is 0.0771. The minimum Gasteiger partial charge on any atom is -0.492 e. The number of pyridine rings is 1. The molecule has 10 heteroatoms. The molecule has 42 heavy (non-hydrogen) atoms. The number of rotatable bonds is 7. The van der Waals surface area contributed by atoms with Crippen molar-refractivity contribution in [2.75, 3.05) is 44.7 Å². The molecule has 0 radical (unpaired) electrons. The van der Waals surface area contributed by atoms with Crippen LogP contribution in [-0.4, -0.2) is 72.2 Å². The van der Waals surface area contributed by atoms with Gasteiger partial charge in [-0.1, -0.05) is 18.2 Å². The molecule has 0 spiro atoms. The number of halogens is 1. The van der Waals surface area contributed by atoms with Gasteiger partial charge in [0.2, 0.25) is 5.43 Å². The third-order valence-corrected chi connectivity index (χ3v) is 8.90. The molecule has 0 N–H and O–H groups in total. The van der Waals surface area contributed by atoms with E-state index in [1.54, 1.807) is 28.1 Å². The summed E-state index contributed by atoms with van der Waals surface area (Å²) in [7, 11) is 1.49. The summed E-state index contributed by atoms with van der Waals surface area (Å²) in [5, 5.41) is 0.141. The predicted molar refractivity (Wildman–Crippen MR) is 158 cm³/mol. The number of likely N-dealkylation sites (tertiary alicyclic amines) is 1. The molecular weight excluding hydrogens is 539 g/mol. The first kappa shape index (κ1) is 28.1. The molecule has 3 fully saturated rings. The maximum absolute atomic E-state index is 16.1. The van der Waals surface area contributed by atoms with Crippen LogP contribution < -0.4 is 19.8 Å². The van der Waals surface area contributed by atoms with Crippen molar-refractivity contribution >= 4 is 28.6 Å². The molecule has 2 amide bonds. The number of ether oxygens (including phenoxy) is 2. The normalized spacial score (nSPS) is 20.0. The topological polar surface area (TPSA) is 84.3 Å². The molecular formula is C32H37FN4O5. The number of hydrogen-bond acceptors (Lipinski definition) is 6. The van der Waals surface area contributed by atoms with E-state index >= 15 is 4.39 Å². The summed E-state index contributed by atoms with van der Waals surface area (Å²) in [4.78, 5) is 45.4. The zero-order valence-electron chi connectivity index (χ0n) is 24.3. The summed E-state index contributed by atoms with van der Waals surface area (Å²) in [6, 6.07) is 10.2. The van der Waals surface area contributed by atoms with Gasteiger partial charge in [0.05, 0.1) is 24.1 Å². The lowest BCUT2D eigenvalue weighted by Gasteiger charge is -2.35.